The molecule has 18 heavy (non-hydrogen) atoms. The van der Waals surface area contributed by atoms with Crippen molar-refractivity contribution in [3.8, 4) is 0 Å². The van der Waals surface area contributed by atoms with Crippen molar-refractivity contribution in [1.29, 1.82) is 0 Å². The fraction of sp³-hybridized carbons (Fsp3) is 0.727. The zero-order valence-electron chi connectivity index (χ0n) is 10.6. The fourth-order valence-corrected chi connectivity index (χ4v) is 2.56. The van der Waals surface area contributed by atoms with Crippen LogP contribution in [-0.2, 0) is 4.79 Å². The Bertz CT molecular complexity index is 390. The van der Waals surface area contributed by atoms with Gasteiger partial charge in [0.1, 0.15) is 5.01 Å². The number of nitrogens with one attached hydrogen (secondary N) is 2. The number of hydrogen-bond acceptors (Lipinski definition) is 5. The maximum absolute atomic E-state index is 11.9. The van der Waals surface area contributed by atoms with Crippen LogP contribution in [-0.4, -0.2) is 29.2 Å². The van der Waals surface area contributed by atoms with E-state index in [9.17, 15) is 4.79 Å². The number of amides is 1. The van der Waals surface area contributed by atoms with Crippen molar-refractivity contribution in [3.05, 3.63) is 5.01 Å². The van der Waals surface area contributed by atoms with Crippen LogP contribution >= 0.6 is 23.7 Å². The van der Waals surface area contributed by atoms with Crippen LogP contribution in [0.4, 0.5) is 5.13 Å². The van der Waals surface area contributed by atoms with E-state index in [0.29, 0.717) is 11.0 Å². The van der Waals surface area contributed by atoms with E-state index in [1.54, 1.807) is 0 Å². The van der Waals surface area contributed by atoms with Gasteiger partial charge in [-0.3, -0.25) is 4.79 Å². The maximum atomic E-state index is 11.9. The minimum absolute atomic E-state index is 0. The number of hydrogen-bond donors (Lipinski definition) is 2. The molecular formula is C11H19ClN4OS. The SMILES string of the molecule is CC(C)c1nnc(NC(=O)C2CCNCC2)s1.Cl. The molecule has 0 radical (unpaired) electrons. The van der Waals surface area contributed by atoms with E-state index in [1.165, 1.54) is 11.3 Å². The molecule has 102 valence electrons. The fourth-order valence-electron chi connectivity index (χ4n) is 1.81. The Hall–Kier alpha value is -0.720. The van der Waals surface area contributed by atoms with E-state index in [-0.39, 0.29) is 24.2 Å². The molecule has 0 saturated carbocycles. The predicted molar refractivity (Wildman–Crippen MR) is 75.5 cm³/mol. The second-order valence-electron chi connectivity index (χ2n) is 4.61. The lowest BCUT2D eigenvalue weighted by Crippen LogP contribution is -2.34. The Kier molecular flexibility index (Phi) is 5.98. The first-order valence-electron chi connectivity index (χ1n) is 6.02. The lowest BCUT2D eigenvalue weighted by molar-refractivity contribution is -0.120. The molecule has 0 spiro atoms. The summed E-state index contributed by atoms with van der Waals surface area (Å²) in [5.41, 5.74) is 0. The molecule has 0 aromatic carbocycles. The second kappa shape index (κ2) is 7.01. The summed E-state index contributed by atoms with van der Waals surface area (Å²) in [6.45, 7) is 5.98. The minimum Gasteiger partial charge on any atom is -0.317 e. The lowest BCUT2D eigenvalue weighted by atomic mass is 9.97. The van der Waals surface area contributed by atoms with Gasteiger partial charge >= 0.3 is 0 Å². The largest absolute Gasteiger partial charge is 0.317 e. The average molecular weight is 291 g/mol. The molecule has 2 rings (SSSR count). The van der Waals surface area contributed by atoms with Crippen molar-refractivity contribution in [2.45, 2.75) is 32.6 Å². The first kappa shape index (κ1) is 15.3. The zero-order valence-corrected chi connectivity index (χ0v) is 12.2. The van der Waals surface area contributed by atoms with Gasteiger partial charge in [-0.05, 0) is 25.9 Å². The molecule has 1 amide bonds. The third kappa shape index (κ3) is 3.90. The number of nitrogens with zero attached hydrogens (tertiary/aromatic N) is 2. The number of anilines is 1. The van der Waals surface area contributed by atoms with E-state index in [1.807, 2.05) is 0 Å². The van der Waals surface area contributed by atoms with Crippen LogP contribution in [0.5, 0.6) is 0 Å². The molecule has 0 atom stereocenters. The normalized spacial score (nSPS) is 16.4. The smallest absolute Gasteiger partial charge is 0.229 e. The third-order valence-corrected chi connectivity index (χ3v) is 4.01. The Balaban J connectivity index is 0.00000162. The topological polar surface area (TPSA) is 66.9 Å². The molecular weight excluding hydrogens is 272 g/mol. The van der Waals surface area contributed by atoms with Crippen LogP contribution < -0.4 is 10.6 Å². The van der Waals surface area contributed by atoms with Crippen molar-refractivity contribution >= 4 is 34.8 Å². The standard InChI is InChI=1S/C11H18N4OS.ClH/c1-7(2)10-14-15-11(17-10)13-9(16)8-3-5-12-6-4-8;/h7-8,12H,3-6H2,1-2H3,(H,13,15,16);1H. The summed E-state index contributed by atoms with van der Waals surface area (Å²) >= 11 is 1.46. The molecule has 1 fully saturated rings. The van der Waals surface area contributed by atoms with Gasteiger partial charge in [0.25, 0.3) is 0 Å². The quantitative estimate of drug-likeness (QED) is 0.894. The molecule has 1 aliphatic rings. The van der Waals surface area contributed by atoms with Crippen LogP contribution in [0.15, 0.2) is 0 Å². The molecule has 7 heteroatoms. The molecule has 0 bridgehead atoms. The highest BCUT2D eigenvalue weighted by atomic mass is 35.5. The first-order chi connectivity index (χ1) is 8.16. The maximum Gasteiger partial charge on any atom is 0.229 e. The number of piperidine rings is 1. The van der Waals surface area contributed by atoms with Crippen molar-refractivity contribution in [1.82, 2.24) is 15.5 Å². The van der Waals surface area contributed by atoms with Gasteiger partial charge in [-0.15, -0.1) is 22.6 Å². The van der Waals surface area contributed by atoms with Gasteiger partial charge in [0, 0.05) is 11.8 Å². The van der Waals surface area contributed by atoms with Crippen LogP contribution in [0.25, 0.3) is 0 Å². The molecule has 0 unspecified atom stereocenters. The van der Waals surface area contributed by atoms with Crippen molar-refractivity contribution in [2.75, 3.05) is 18.4 Å². The Morgan fingerprint density at radius 2 is 2.06 bits per heavy atom. The molecule has 2 N–H and O–H groups in total. The lowest BCUT2D eigenvalue weighted by Gasteiger charge is -2.20. The number of aromatic nitrogens is 2. The molecule has 1 saturated heterocycles. The minimum atomic E-state index is 0. The summed E-state index contributed by atoms with van der Waals surface area (Å²) in [5, 5.41) is 15.7. The predicted octanol–water partition coefficient (Wildman–Crippen LogP) is 2.02. The Labute approximate surface area is 117 Å². The zero-order chi connectivity index (χ0) is 12.3. The summed E-state index contributed by atoms with van der Waals surface area (Å²) in [4.78, 5) is 11.9. The molecule has 5 nitrogen and oxygen atoms in total. The van der Waals surface area contributed by atoms with Crippen LogP contribution in [0.2, 0.25) is 0 Å². The number of rotatable bonds is 3. The van der Waals surface area contributed by atoms with Crippen LogP contribution in [0.1, 0.15) is 37.6 Å². The van der Waals surface area contributed by atoms with E-state index < -0.39 is 0 Å². The summed E-state index contributed by atoms with van der Waals surface area (Å²) in [6, 6.07) is 0. The van der Waals surface area contributed by atoms with Gasteiger partial charge < -0.3 is 10.6 Å². The highest BCUT2D eigenvalue weighted by Crippen LogP contribution is 2.23. The van der Waals surface area contributed by atoms with Crippen LogP contribution in [0, 0.1) is 5.92 Å². The summed E-state index contributed by atoms with van der Waals surface area (Å²) in [7, 11) is 0. The highest BCUT2D eigenvalue weighted by molar-refractivity contribution is 7.15. The van der Waals surface area contributed by atoms with Crippen molar-refractivity contribution < 1.29 is 4.79 Å². The summed E-state index contributed by atoms with van der Waals surface area (Å²) < 4.78 is 0. The van der Waals surface area contributed by atoms with E-state index in [0.717, 1.165) is 30.9 Å². The molecule has 1 aliphatic heterocycles. The summed E-state index contributed by atoms with van der Waals surface area (Å²) in [6.07, 6.45) is 1.81. The molecule has 2 heterocycles. The van der Waals surface area contributed by atoms with Gasteiger partial charge in [-0.25, -0.2) is 0 Å². The van der Waals surface area contributed by atoms with E-state index in [2.05, 4.69) is 34.7 Å². The van der Waals surface area contributed by atoms with Gasteiger partial charge in [0.2, 0.25) is 11.0 Å². The van der Waals surface area contributed by atoms with Gasteiger partial charge in [0.05, 0.1) is 0 Å². The van der Waals surface area contributed by atoms with E-state index in [4.69, 9.17) is 0 Å². The average Bonchev–Trinajstić information content (AvgIpc) is 2.79. The van der Waals surface area contributed by atoms with Gasteiger partial charge in [-0.1, -0.05) is 25.2 Å². The Morgan fingerprint density at radius 3 is 2.61 bits per heavy atom. The number of carbonyl (C=O) groups excluding carboxylic acids is 1. The number of halogens is 1. The monoisotopic (exact) mass is 290 g/mol. The first-order valence-corrected chi connectivity index (χ1v) is 6.83. The third-order valence-electron chi connectivity index (χ3n) is 2.87. The summed E-state index contributed by atoms with van der Waals surface area (Å²) in [5.74, 6) is 0.553. The van der Waals surface area contributed by atoms with E-state index >= 15 is 0 Å². The second-order valence-corrected chi connectivity index (χ2v) is 5.62. The van der Waals surface area contributed by atoms with Gasteiger partial charge in [-0.2, -0.15) is 0 Å². The Morgan fingerprint density at radius 1 is 1.39 bits per heavy atom. The molecule has 1 aromatic rings. The number of carbonyl (C=O) groups is 1. The van der Waals surface area contributed by atoms with Crippen LogP contribution in [0.3, 0.4) is 0 Å². The molecule has 1 aromatic heterocycles. The molecule has 0 aliphatic carbocycles. The highest BCUT2D eigenvalue weighted by Gasteiger charge is 2.22. The van der Waals surface area contributed by atoms with Crippen molar-refractivity contribution in [3.63, 3.8) is 0 Å². The van der Waals surface area contributed by atoms with Gasteiger partial charge in [0.15, 0.2) is 0 Å². The van der Waals surface area contributed by atoms with Crippen molar-refractivity contribution in [2.24, 2.45) is 5.92 Å².